The number of amides is 2. The Bertz CT molecular complexity index is 519. The maximum absolute atomic E-state index is 12.9. The Morgan fingerprint density at radius 2 is 2.32 bits per heavy atom. The van der Waals surface area contributed by atoms with Crippen LogP contribution in [0.2, 0.25) is 0 Å². The lowest BCUT2D eigenvalue weighted by Crippen LogP contribution is -2.34. The highest BCUT2D eigenvalue weighted by molar-refractivity contribution is 5.97. The van der Waals surface area contributed by atoms with E-state index in [2.05, 4.69) is 5.32 Å². The third kappa shape index (κ3) is 3.21. The first kappa shape index (κ1) is 13.3. The van der Waals surface area contributed by atoms with E-state index in [0.717, 1.165) is 6.07 Å². The van der Waals surface area contributed by atoms with E-state index in [-0.39, 0.29) is 30.0 Å². The highest BCUT2D eigenvalue weighted by Gasteiger charge is 2.27. The van der Waals surface area contributed by atoms with E-state index < -0.39 is 5.82 Å². The number of carbonyl (C=O) groups is 2. The molecule has 19 heavy (non-hydrogen) atoms. The SMILES string of the molecule is CC1CC(=O)N(CC(=O)Nc2ccc(F)cc2N)C1. The molecule has 1 saturated heterocycles. The van der Waals surface area contributed by atoms with Crippen molar-refractivity contribution in [1.82, 2.24) is 4.90 Å². The van der Waals surface area contributed by atoms with E-state index in [1.165, 1.54) is 17.0 Å². The number of nitrogens with zero attached hydrogens (tertiary/aromatic N) is 1. The number of rotatable bonds is 3. The molecular formula is C13H16FN3O2. The van der Waals surface area contributed by atoms with Crippen molar-refractivity contribution in [2.24, 2.45) is 5.92 Å². The van der Waals surface area contributed by atoms with Gasteiger partial charge in [-0.1, -0.05) is 6.92 Å². The third-order valence-corrected chi connectivity index (χ3v) is 3.03. The molecule has 1 fully saturated rings. The molecule has 1 aromatic carbocycles. The van der Waals surface area contributed by atoms with Gasteiger partial charge in [-0.05, 0) is 24.1 Å². The van der Waals surface area contributed by atoms with Crippen LogP contribution in [0.1, 0.15) is 13.3 Å². The van der Waals surface area contributed by atoms with Crippen molar-refractivity contribution < 1.29 is 14.0 Å². The van der Waals surface area contributed by atoms with Crippen LogP contribution in [0.25, 0.3) is 0 Å². The molecule has 1 aliphatic heterocycles. The summed E-state index contributed by atoms with van der Waals surface area (Å²) in [7, 11) is 0. The van der Waals surface area contributed by atoms with Crippen LogP contribution in [0.15, 0.2) is 18.2 Å². The van der Waals surface area contributed by atoms with Crippen LogP contribution >= 0.6 is 0 Å². The third-order valence-electron chi connectivity index (χ3n) is 3.03. The highest BCUT2D eigenvalue weighted by atomic mass is 19.1. The monoisotopic (exact) mass is 265 g/mol. The van der Waals surface area contributed by atoms with Gasteiger partial charge in [-0.15, -0.1) is 0 Å². The molecule has 1 aliphatic rings. The average molecular weight is 265 g/mol. The van der Waals surface area contributed by atoms with E-state index in [0.29, 0.717) is 18.7 Å². The Morgan fingerprint density at radius 1 is 1.58 bits per heavy atom. The smallest absolute Gasteiger partial charge is 0.244 e. The second-order valence-corrected chi connectivity index (χ2v) is 4.86. The van der Waals surface area contributed by atoms with Crippen LogP contribution in [-0.2, 0) is 9.59 Å². The molecule has 5 nitrogen and oxygen atoms in total. The summed E-state index contributed by atoms with van der Waals surface area (Å²) in [6.45, 7) is 2.55. The van der Waals surface area contributed by atoms with Crippen LogP contribution < -0.4 is 11.1 Å². The molecule has 0 aromatic heterocycles. The molecular weight excluding hydrogens is 249 g/mol. The fourth-order valence-corrected chi connectivity index (χ4v) is 2.13. The lowest BCUT2D eigenvalue weighted by molar-refractivity contribution is -0.131. The summed E-state index contributed by atoms with van der Waals surface area (Å²) in [6.07, 6.45) is 0.478. The van der Waals surface area contributed by atoms with Crippen molar-refractivity contribution in [3.63, 3.8) is 0 Å². The molecule has 102 valence electrons. The van der Waals surface area contributed by atoms with Crippen molar-refractivity contribution in [2.45, 2.75) is 13.3 Å². The lowest BCUT2D eigenvalue weighted by atomic mass is 10.2. The zero-order valence-electron chi connectivity index (χ0n) is 10.6. The molecule has 0 saturated carbocycles. The number of nitrogens with two attached hydrogens (primary N) is 1. The van der Waals surface area contributed by atoms with Gasteiger partial charge in [0.05, 0.1) is 17.9 Å². The summed E-state index contributed by atoms with van der Waals surface area (Å²) in [5, 5.41) is 2.58. The Labute approximate surface area is 110 Å². The minimum atomic E-state index is -0.459. The summed E-state index contributed by atoms with van der Waals surface area (Å²) in [4.78, 5) is 24.9. The van der Waals surface area contributed by atoms with Gasteiger partial charge in [-0.2, -0.15) is 0 Å². The summed E-state index contributed by atoms with van der Waals surface area (Å²) < 4.78 is 12.9. The number of carbonyl (C=O) groups excluding carboxylic acids is 2. The molecule has 1 atom stereocenters. The Morgan fingerprint density at radius 3 is 2.89 bits per heavy atom. The number of hydrogen-bond acceptors (Lipinski definition) is 3. The van der Waals surface area contributed by atoms with Gasteiger partial charge in [0.15, 0.2) is 0 Å². The lowest BCUT2D eigenvalue weighted by Gasteiger charge is -2.16. The zero-order valence-corrected chi connectivity index (χ0v) is 10.6. The van der Waals surface area contributed by atoms with Gasteiger partial charge >= 0.3 is 0 Å². The quantitative estimate of drug-likeness (QED) is 0.807. The number of nitrogen functional groups attached to an aromatic ring is 1. The normalized spacial score (nSPS) is 18.7. The molecule has 1 unspecified atom stereocenters. The van der Waals surface area contributed by atoms with E-state index in [9.17, 15) is 14.0 Å². The number of nitrogens with one attached hydrogen (secondary N) is 1. The molecule has 0 radical (unpaired) electrons. The van der Waals surface area contributed by atoms with Gasteiger partial charge in [0.25, 0.3) is 0 Å². The predicted molar refractivity (Wildman–Crippen MR) is 69.8 cm³/mol. The standard InChI is InChI=1S/C13H16FN3O2/c1-8-4-13(19)17(6-8)7-12(18)16-11-3-2-9(14)5-10(11)15/h2-3,5,8H,4,6-7,15H2,1H3,(H,16,18). The van der Waals surface area contributed by atoms with E-state index in [1.54, 1.807) is 0 Å². The van der Waals surface area contributed by atoms with Crippen molar-refractivity contribution in [2.75, 3.05) is 24.1 Å². The minimum Gasteiger partial charge on any atom is -0.397 e. The van der Waals surface area contributed by atoms with Crippen molar-refractivity contribution in [3.8, 4) is 0 Å². The number of hydrogen-bond donors (Lipinski definition) is 2. The minimum absolute atomic E-state index is 0.0000102. The largest absolute Gasteiger partial charge is 0.397 e. The molecule has 2 amide bonds. The maximum Gasteiger partial charge on any atom is 0.244 e. The summed E-state index contributed by atoms with van der Waals surface area (Å²) in [5.74, 6) is -0.536. The summed E-state index contributed by atoms with van der Waals surface area (Å²) >= 11 is 0. The van der Waals surface area contributed by atoms with E-state index in [1.807, 2.05) is 6.92 Å². The van der Waals surface area contributed by atoms with Crippen LogP contribution in [-0.4, -0.2) is 29.8 Å². The molecule has 2 rings (SSSR count). The molecule has 1 aromatic rings. The number of likely N-dealkylation sites (tertiary alicyclic amines) is 1. The average Bonchev–Trinajstić information content (AvgIpc) is 2.61. The van der Waals surface area contributed by atoms with Crippen molar-refractivity contribution >= 4 is 23.2 Å². The van der Waals surface area contributed by atoms with Crippen LogP contribution in [0.3, 0.4) is 0 Å². The first-order valence-electron chi connectivity index (χ1n) is 6.08. The van der Waals surface area contributed by atoms with Gasteiger partial charge in [0.1, 0.15) is 5.82 Å². The van der Waals surface area contributed by atoms with E-state index >= 15 is 0 Å². The molecule has 0 spiro atoms. The fraction of sp³-hybridized carbons (Fsp3) is 0.385. The fourth-order valence-electron chi connectivity index (χ4n) is 2.13. The van der Waals surface area contributed by atoms with Crippen LogP contribution in [0, 0.1) is 11.7 Å². The first-order valence-corrected chi connectivity index (χ1v) is 6.08. The molecule has 0 bridgehead atoms. The van der Waals surface area contributed by atoms with Gasteiger partial charge in [0, 0.05) is 13.0 Å². The first-order chi connectivity index (χ1) is 8.95. The number of anilines is 2. The summed E-state index contributed by atoms with van der Waals surface area (Å²) in [5.41, 5.74) is 6.11. The maximum atomic E-state index is 12.9. The van der Waals surface area contributed by atoms with Crippen molar-refractivity contribution in [3.05, 3.63) is 24.0 Å². The van der Waals surface area contributed by atoms with Gasteiger partial charge < -0.3 is 16.0 Å². The van der Waals surface area contributed by atoms with E-state index in [4.69, 9.17) is 5.73 Å². The molecule has 1 heterocycles. The molecule has 3 N–H and O–H groups in total. The van der Waals surface area contributed by atoms with Crippen LogP contribution in [0.4, 0.5) is 15.8 Å². The Kier molecular flexibility index (Phi) is 3.69. The highest BCUT2D eigenvalue weighted by Crippen LogP contribution is 2.20. The molecule has 0 aliphatic carbocycles. The summed E-state index contributed by atoms with van der Waals surface area (Å²) in [6, 6.07) is 3.75. The van der Waals surface area contributed by atoms with Gasteiger partial charge in [0.2, 0.25) is 11.8 Å². The van der Waals surface area contributed by atoms with Gasteiger partial charge in [-0.25, -0.2) is 4.39 Å². The number of benzene rings is 1. The Hall–Kier alpha value is -2.11. The second-order valence-electron chi connectivity index (χ2n) is 4.86. The zero-order chi connectivity index (χ0) is 14.0. The second kappa shape index (κ2) is 5.26. The van der Waals surface area contributed by atoms with Crippen molar-refractivity contribution in [1.29, 1.82) is 0 Å². The topological polar surface area (TPSA) is 75.4 Å². The van der Waals surface area contributed by atoms with Crippen LogP contribution in [0.5, 0.6) is 0 Å². The predicted octanol–water partition coefficient (Wildman–Crippen LogP) is 1.21. The molecule has 6 heteroatoms. The Balaban J connectivity index is 1.96. The van der Waals surface area contributed by atoms with Gasteiger partial charge in [-0.3, -0.25) is 9.59 Å². The number of halogens is 1.